The van der Waals surface area contributed by atoms with Crippen LogP contribution in [0.4, 0.5) is 0 Å². The van der Waals surface area contributed by atoms with Gasteiger partial charge in [0.15, 0.2) is 5.84 Å². The Kier molecular flexibility index (Phi) is 5.43. The van der Waals surface area contributed by atoms with Crippen LogP contribution in [0.5, 0.6) is 0 Å². The summed E-state index contributed by atoms with van der Waals surface area (Å²) in [5.74, 6) is -0.262. The molecule has 0 aliphatic rings. The molecule has 0 bridgehead atoms. The number of benzene rings is 1. The molecule has 0 aliphatic carbocycles. The Morgan fingerprint density at radius 2 is 2.28 bits per heavy atom. The zero-order chi connectivity index (χ0) is 13.7. The van der Waals surface area contributed by atoms with E-state index < -0.39 is 0 Å². The molecule has 5 nitrogen and oxygen atoms in total. The molecule has 0 saturated heterocycles. The van der Waals surface area contributed by atoms with Crippen LogP contribution in [0.3, 0.4) is 0 Å². The van der Waals surface area contributed by atoms with Crippen molar-refractivity contribution in [1.82, 2.24) is 4.90 Å². The highest BCUT2D eigenvalue weighted by Crippen LogP contribution is 2.22. The number of likely N-dealkylation sites (N-methyl/N-ethyl adjacent to an activating group) is 1. The van der Waals surface area contributed by atoms with Crippen LogP contribution in [0.1, 0.15) is 17.3 Å². The van der Waals surface area contributed by atoms with Crippen LogP contribution in [0, 0.1) is 0 Å². The van der Waals surface area contributed by atoms with E-state index >= 15 is 0 Å². The highest BCUT2D eigenvalue weighted by atomic mass is 79.9. The van der Waals surface area contributed by atoms with Crippen LogP contribution in [-0.2, 0) is 0 Å². The van der Waals surface area contributed by atoms with Crippen molar-refractivity contribution in [3.8, 4) is 0 Å². The number of hydrogen-bond acceptors (Lipinski definition) is 3. The summed E-state index contributed by atoms with van der Waals surface area (Å²) in [6.07, 6.45) is 0. The standard InChI is InChI=1S/C11H13BrClN3O2/c1-2-16(6-10(14)15-18)11(17)8-5-7(13)3-4-9(8)12/h3-5,18H,2,6H2,1H3,(H2,14,15). The highest BCUT2D eigenvalue weighted by molar-refractivity contribution is 9.10. The Bertz CT molecular complexity index is 479. The molecule has 1 rings (SSSR count). The van der Waals surface area contributed by atoms with Gasteiger partial charge in [0.2, 0.25) is 0 Å². The molecule has 0 saturated carbocycles. The normalized spacial score (nSPS) is 11.4. The van der Waals surface area contributed by atoms with Crippen LogP contribution in [0.25, 0.3) is 0 Å². The number of carbonyl (C=O) groups is 1. The van der Waals surface area contributed by atoms with E-state index in [2.05, 4.69) is 21.1 Å². The third-order valence-electron chi connectivity index (χ3n) is 2.31. The fourth-order valence-electron chi connectivity index (χ4n) is 1.39. The molecular formula is C11H13BrClN3O2. The molecule has 98 valence electrons. The summed E-state index contributed by atoms with van der Waals surface area (Å²) in [5.41, 5.74) is 5.84. The van der Waals surface area contributed by atoms with Crippen molar-refractivity contribution in [1.29, 1.82) is 0 Å². The summed E-state index contributed by atoms with van der Waals surface area (Å²) < 4.78 is 0.648. The minimum atomic E-state index is -0.238. The number of rotatable bonds is 4. The summed E-state index contributed by atoms with van der Waals surface area (Å²) in [4.78, 5) is 13.7. The fourth-order valence-corrected chi connectivity index (χ4v) is 1.97. The van der Waals surface area contributed by atoms with Gasteiger partial charge < -0.3 is 15.8 Å². The van der Waals surface area contributed by atoms with Gasteiger partial charge in [-0.2, -0.15) is 0 Å². The molecule has 0 spiro atoms. The third kappa shape index (κ3) is 3.61. The van der Waals surface area contributed by atoms with Crippen molar-refractivity contribution >= 4 is 39.3 Å². The van der Waals surface area contributed by atoms with Gasteiger partial charge in [-0.05, 0) is 41.1 Å². The predicted molar refractivity (Wildman–Crippen MR) is 74.1 cm³/mol. The second-order valence-corrected chi connectivity index (χ2v) is 4.83. The SMILES string of the molecule is CCN(C/C(N)=N/O)C(=O)c1cc(Cl)ccc1Br. The van der Waals surface area contributed by atoms with Crippen molar-refractivity contribution in [3.05, 3.63) is 33.3 Å². The molecule has 0 atom stereocenters. The van der Waals surface area contributed by atoms with Gasteiger partial charge in [-0.15, -0.1) is 0 Å². The maximum atomic E-state index is 12.2. The molecule has 0 fully saturated rings. The summed E-state index contributed by atoms with van der Waals surface area (Å²) in [7, 11) is 0. The van der Waals surface area contributed by atoms with Crippen molar-refractivity contribution in [2.45, 2.75) is 6.92 Å². The van der Waals surface area contributed by atoms with Gasteiger partial charge in [-0.3, -0.25) is 4.79 Å². The van der Waals surface area contributed by atoms with Gasteiger partial charge in [0.05, 0.1) is 12.1 Å². The van der Waals surface area contributed by atoms with E-state index in [4.69, 9.17) is 22.5 Å². The minimum Gasteiger partial charge on any atom is -0.409 e. The van der Waals surface area contributed by atoms with Crippen molar-refractivity contribution in [3.63, 3.8) is 0 Å². The van der Waals surface area contributed by atoms with Crippen molar-refractivity contribution < 1.29 is 10.0 Å². The predicted octanol–water partition coefficient (Wildman–Crippen LogP) is 2.31. The van der Waals surface area contributed by atoms with Crippen molar-refractivity contribution in [2.75, 3.05) is 13.1 Å². The summed E-state index contributed by atoms with van der Waals surface area (Å²) in [6, 6.07) is 4.96. The Morgan fingerprint density at radius 1 is 1.61 bits per heavy atom. The van der Waals surface area contributed by atoms with Crippen LogP contribution in [-0.4, -0.2) is 34.9 Å². The van der Waals surface area contributed by atoms with Crippen LogP contribution in [0.15, 0.2) is 27.8 Å². The van der Waals surface area contributed by atoms with Gasteiger partial charge in [-0.1, -0.05) is 16.8 Å². The van der Waals surface area contributed by atoms with Gasteiger partial charge in [0, 0.05) is 16.0 Å². The first kappa shape index (κ1) is 14.8. The van der Waals surface area contributed by atoms with Crippen LogP contribution >= 0.6 is 27.5 Å². The molecule has 1 amide bonds. The molecular weight excluding hydrogens is 321 g/mol. The van der Waals surface area contributed by atoms with Crippen LogP contribution in [0.2, 0.25) is 5.02 Å². The first-order valence-electron chi connectivity index (χ1n) is 5.20. The molecule has 1 aromatic carbocycles. The Labute approximate surface area is 118 Å². The number of halogens is 2. The zero-order valence-corrected chi connectivity index (χ0v) is 12.1. The van der Waals surface area contributed by atoms with Crippen LogP contribution < -0.4 is 5.73 Å². The van der Waals surface area contributed by atoms with E-state index in [0.29, 0.717) is 21.6 Å². The third-order valence-corrected chi connectivity index (χ3v) is 3.24. The number of amidine groups is 1. The summed E-state index contributed by atoms with van der Waals surface area (Å²) >= 11 is 9.16. The number of carbonyl (C=O) groups excluding carboxylic acids is 1. The van der Waals surface area contributed by atoms with Crippen molar-refractivity contribution in [2.24, 2.45) is 10.9 Å². The molecule has 0 radical (unpaired) electrons. The lowest BCUT2D eigenvalue weighted by Gasteiger charge is -2.20. The minimum absolute atomic E-state index is 0.0247. The second-order valence-electron chi connectivity index (χ2n) is 3.53. The fraction of sp³-hybridized carbons (Fsp3) is 0.273. The van der Waals surface area contributed by atoms with Gasteiger partial charge >= 0.3 is 0 Å². The van der Waals surface area contributed by atoms with E-state index in [1.165, 1.54) is 4.90 Å². The largest absolute Gasteiger partial charge is 0.409 e. The number of nitrogens with two attached hydrogens (primary N) is 1. The van der Waals surface area contributed by atoms with E-state index in [1.54, 1.807) is 25.1 Å². The lowest BCUT2D eigenvalue weighted by atomic mass is 10.2. The molecule has 7 heteroatoms. The van der Waals surface area contributed by atoms with E-state index in [9.17, 15) is 4.79 Å². The smallest absolute Gasteiger partial charge is 0.255 e. The van der Waals surface area contributed by atoms with Gasteiger partial charge in [0.25, 0.3) is 5.91 Å². The number of oxime groups is 1. The zero-order valence-electron chi connectivity index (χ0n) is 9.73. The van der Waals surface area contributed by atoms with E-state index in [1.807, 2.05) is 0 Å². The summed E-state index contributed by atoms with van der Waals surface area (Å²) in [6.45, 7) is 2.31. The van der Waals surface area contributed by atoms with E-state index in [-0.39, 0.29) is 18.3 Å². The quantitative estimate of drug-likeness (QED) is 0.384. The first-order chi connectivity index (χ1) is 8.49. The lowest BCUT2D eigenvalue weighted by molar-refractivity contribution is 0.0785. The topological polar surface area (TPSA) is 78.9 Å². The molecule has 0 heterocycles. The molecule has 1 aromatic rings. The Hall–Kier alpha value is -1.27. The molecule has 0 unspecified atom stereocenters. The second kappa shape index (κ2) is 6.61. The molecule has 3 N–H and O–H groups in total. The highest BCUT2D eigenvalue weighted by Gasteiger charge is 2.18. The average Bonchev–Trinajstić information content (AvgIpc) is 2.37. The maximum Gasteiger partial charge on any atom is 0.255 e. The first-order valence-corrected chi connectivity index (χ1v) is 6.37. The lowest BCUT2D eigenvalue weighted by Crippen LogP contribution is -2.38. The molecule has 18 heavy (non-hydrogen) atoms. The number of nitrogens with zero attached hydrogens (tertiary/aromatic N) is 2. The maximum absolute atomic E-state index is 12.2. The molecule has 0 aliphatic heterocycles. The molecule has 0 aromatic heterocycles. The van der Waals surface area contributed by atoms with Gasteiger partial charge in [-0.25, -0.2) is 0 Å². The number of amides is 1. The summed E-state index contributed by atoms with van der Waals surface area (Å²) in [5, 5.41) is 11.9. The number of hydrogen-bond donors (Lipinski definition) is 2. The monoisotopic (exact) mass is 333 g/mol. The Balaban J connectivity index is 3.00. The Morgan fingerprint density at radius 3 is 2.83 bits per heavy atom. The van der Waals surface area contributed by atoms with E-state index in [0.717, 1.165) is 0 Å². The van der Waals surface area contributed by atoms with Gasteiger partial charge in [0.1, 0.15) is 0 Å². The average molecular weight is 335 g/mol.